The van der Waals surface area contributed by atoms with Gasteiger partial charge in [-0.25, -0.2) is 4.79 Å². The maximum atomic E-state index is 12.1. The number of rotatable bonds is 4. The average Bonchev–Trinajstić information content (AvgIpc) is 2.82. The molecule has 2 heterocycles. The van der Waals surface area contributed by atoms with Gasteiger partial charge in [0.05, 0.1) is 13.2 Å². The van der Waals surface area contributed by atoms with Crippen molar-refractivity contribution >= 4 is 8.32 Å². The normalized spacial score (nSPS) is 25.2. The van der Waals surface area contributed by atoms with Gasteiger partial charge in [0.1, 0.15) is 0 Å². The molecule has 0 radical (unpaired) electrons. The van der Waals surface area contributed by atoms with Crippen LogP contribution in [-0.4, -0.2) is 37.4 Å². The molecular weight excluding hydrogens is 328 g/mol. The lowest BCUT2D eigenvalue weighted by atomic mass is 10.2. The van der Waals surface area contributed by atoms with Gasteiger partial charge >= 0.3 is 5.69 Å². The van der Waals surface area contributed by atoms with E-state index < -0.39 is 31.6 Å². The van der Waals surface area contributed by atoms with Gasteiger partial charge in [0, 0.05) is 11.8 Å². The molecule has 2 rings (SSSR count). The Morgan fingerprint density at radius 2 is 2.04 bits per heavy atom. The van der Waals surface area contributed by atoms with Crippen LogP contribution < -0.4 is 11.2 Å². The number of aryl methyl sites for hydroxylation is 1. The fourth-order valence-corrected chi connectivity index (χ4v) is 3.20. The number of ether oxygens (including phenoxy) is 2. The highest BCUT2D eigenvalue weighted by Crippen LogP contribution is 2.37. The minimum atomic E-state index is -1.90. The summed E-state index contributed by atoms with van der Waals surface area (Å²) in [5, 5.41) is 0.0991. The van der Waals surface area contributed by atoms with E-state index in [9.17, 15) is 9.59 Å². The number of nitrogens with one attached hydrogen (secondary N) is 1. The summed E-state index contributed by atoms with van der Waals surface area (Å²) in [6.07, 6.45) is 0.963. The first-order valence-corrected chi connectivity index (χ1v) is 11.0. The van der Waals surface area contributed by atoms with Gasteiger partial charge in [-0.3, -0.25) is 14.3 Å². The second-order valence-corrected chi connectivity index (χ2v) is 12.9. The van der Waals surface area contributed by atoms with E-state index in [1.54, 1.807) is 13.8 Å². The van der Waals surface area contributed by atoms with E-state index in [2.05, 4.69) is 38.8 Å². The van der Waals surface area contributed by atoms with Crippen molar-refractivity contribution in [1.29, 1.82) is 0 Å². The third kappa shape index (κ3) is 3.71. The zero-order chi connectivity index (χ0) is 18.3. The van der Waals surface area contributed by atoms with Gasteiger partial charge in [0.15, 0.2) is 20.3 Å². The Hall–Kier alpha value is -1.22. The molecule has 1 aliphatic heterocycles. The zero-order valence-corrected chi connectivity index (χ0v) is 16.6. The monoisotopic (exact) mass is 356 g/mol. The third-order valence-corrected chi connectivity index (χ3v) is 9.44. The van der Waals surface area contributed by atoms with Gasteiger partial charge in [-0.15, -0.1) is 0 Å². The number of nitrogens with zero attached hydrogens (tertiary/aromatic N) is 1. The number of hydrogen-bond donors (Lipinski definition) is 1. The topological polar surface area (TPSA) is 82.6 Å². The molecule has 0 unspecified atom stereocenters. The van der Waals surface area contributed by atoms with Crippen LogP contribution in [0.5, 0.6) is 0 Å². The van der Waals surface area contributed by atoms with Crippen molar-refractivity contribution in [1.82, 2.24) is 9.55 Å². The second kappa shape index (κ2) is 6.25. The van der Waals surface area contributed by atoms with E-state index in [1.165, 1.54) is 10.8 Å². The first-order valence-electron chi connectivity index (χ1n) is 8.12. The van der Waals surface area contributed by atoms with E-state index in [0.29, 0.717) is 12.2 Å². The van der Waals surface area contributed by atoms with Crippen LogP contribution >= 0.6 is 0 Å². The quantitative estimate of drug-likeness (QED) is 0.833. The predicted molar refractivity (Wildman–Crippen MR) is 93.7 cm³/mol. The minimum absolute atomic E-state index is 0.0991. The molecule has 2 atom stereocenters. The molecule has 1 saturated heterocycles. The van der Waals surface area contributed by atoms with E-state index in [1.807, 2.05) is 0 Å². The molecule has 0 bridgehead atoms. The van der Waals surface area contributed by atoms with Crippen molar-refractivity contribution in [3.05, 3.63) is 32.6 Å². The van der Waals surface area contributed by atoms with Gasteiger partial charge in [-0.2, -0.15) is 0 Å². The summed E-state index contributed by atoms with van der Waals surface area (Å²) in [5.41, 5.74) is -1.42. The number of hydrogen-bond acceptors (Lipinski definition) is 5. The Labute approximate surface area is 143 Å². The van der Waals surface area contributed by atoms with Crippen molar-refractivity contribution in [2.45, 2.75) is 64.8 Å². The van der Waals surface area contributed by atoms with Gasteiger partial charge < -0.3 is 13.9 Å². The number of aromatic amines is 1. The molecule has 24 heavy (non-hydrogen) atoms. The summed E-state index contributed by atoms with van der Waals surface area (Å²) in [6, 6.07) is 0. The largest absolute Gasteiger partial charge is 0.412 e. The zero-order valence-electron chi connectivity index (χ0n) is 15.6. The molecule has 0 aromatic carbocycles. The molecule has 1 N–H and O–H groups in total. The SMILES string of the molecule is Cc1cn([C@@]2(C)CO[C@H](CO[Si](C)(C)C(C)(C)C)O2)c(=O)[nH]c1=O. The first-order chi connectivity index (χ1) is 10.9. The van der Waals surface area contributed by atoms with Gasteiger partial charge in [-0.05, 0) is 32.0 Å². The molecule has 8 heteroatoms. The van der Waals surface area contributed by atoms with Crippen molar-refractivity contribution in [3.63, 3.8) is 0 Å². The van der Waals surface area contributed by atoms with Crippen LogP contribution in [0.2, 0.25) is 18.1 Å². The molecular formula is C16H28N2O5Si. The summed E-state index contributed by atoms with van der Waals surface area (Å²) >= 11 is 0. The molecule has 136 valence electrons. The summed E-state index contributed by atoms with van der Waals surface area (Å²) in [5.74, 6) is 0. The molecule has 0 amide bonds. The Bertz CT molecular complexity index is 718. The summed E-state index contributed by atoms with van der Waals surface area (Å²) in [6.45, 7) is 14.8. The molecule has 1 aliphatic rings. The van der Waals surface area contributed by atoms with Crippen LogP contribution in [0.15, 0.2) is 15.8 Å². The van der Waals surface area contributed by atoms with E-state index in [0.717, 1.165) is 0 Å². The Morgan fingerprint density at radius 3 is 2.62 bits per heavy atom. The molecule has 0 spiro atoms. The molecule has 7 nitrogen and oxygen atoms in total. The van der Waals surface area contributed by atoms with Crippen LogP contribution in [0.1, 0.15) is 33.3 Å². The molecule has 1 fully saturated rings. The van der Waals surface area contributed by atoms with Crippen LogP contribution in [-0.2, 0) is 19.6 Å². The summed E-state index contributed by atoms with van der Waals surface area (Å²) in [4.78, 5) is 25.9. The van der Waals surface area contributed by atoms with Crippen molar-refractivity contribution in [2.24, 2.45) is 0 Å². The van der Waals surface area contributed by atoms with Crippen LogP contribution in [0, 0.1) is 6.92 Å². The van der Waals surface area contributed by atoms with E-state index in [-0.39, 0.29) is 11.6 Å². The average molecular weight is 356 g/mol. The van der Waals surface area contributed by atoms with Crippen LogP contribution in [0.4, 0.5) is 0 Å². The maximum Gasteiger partial charge on any atom is 0.330 e. The fourth-order valence-electron chi connectivity index (χ4n) is 2.22. The highest BCUT2D eigenvalue weighted by molar-refractivity contribution is 6.74. The summed E-state index contributed by atoms with van der Waals surface area (Å²) in [7, 11) is -1.90. The maximum absolute atomic E-state index is 12.1. The lowest BCUT2D eigenvalue weighted by Crippen LogP contribution is -2.45. The Balaban J connectivity index is 2.11. The first kappa shape index (κ1) is 19.1. The third-order valence-electron chi connectivity index (χ3n) is 4.94. The van der Waals surface area contributed by atoms with Crippen molar-refractivity contribution in [2.75, 3.05) is 13.2 Å². The predicted octanol–water partition coefficient (Wildman–Crippen LogP) is 1.91. The van der Waals surface area contributed by atoms with Crippen molar-refractivity contribution in [3.8, 4) is 0 Å². The lowest BCUT2D eigenvalue weighted by Gasteiger charge is -2.36. The standard InChI is InChI=1S/C16H28N2O5Si/c1-11-8-18(14(20)17-13(11)19)16(5)10-21-12(23-16)9-22-24(6,7)15(2,3)4/h8,12H,9-10H2,1-7H3,(H,17,19,20)/t12-,16+/m0/s1. The smallest absolute Gasteiger partial charge is 0.330 e. The number of aromatic nitrogens is 2. The summed E-state index contributed by atoms with van der Waals surface area (Å²) < 4.78 is 19.1. The number of H-pyrrole nitrogens is 1. The fraction of sp³-hybridized carbons (Fsp3) is 0.750. The molecule has 1 aromatic heterocycles. The Kier molecular flexibility index (Phi) is 4.98. The van der Waals surface area contributed by atoms with Crippen LogP contribution in [0.25, 0.3) is 0 Å². The second-order valence-electron chi connectivity index (χ2n) is 8.05. The highest BCUT2D eigenvalue weighted by atomic mass is 28.4. The van der Waals surface area contributed by atoms with E-state index in [4.69, 9.17) is 13.9 Å². The molecule has 0 aliphatic carbocycles. The van der Waals surface area contributed by atoms with Gasteiger partial charge in [-0.1, -0.05) is 20.8 Å². The molecule has 1 aromatic rings. The molecule has 0 saturated carbocycles. The highest BCUT2D eigenvalue weighted by Gasteiger charge is 2.42. The van der Waals surface area contributed by atoms with Gasteiger partial charge in [0.25, 0.3) is 5.56 Å². The minimum Gasteiger partial charge on any atom is -0.412 e. The van der Waals surface area contributed by atoms with E-state index >= 15 is 0 Å². The van der Waals surface area contributed by atoms with Crippen LogP contribution in [0.3, 0.4) is 0 Å². The van der Waals surface area contributed by atoms with Gasteiger partial charge in [0.2, 0.25) is 0 Å². The lowest BCUT2D eigenvalue weighted by molar-refractivity contribution is -0.131. The van der Waals surface area contributed by atoms with Crippen molar-refractivity contribution < 1.29 is 13.9 Å². The Morgan fingerprint density at radius 1 is 1.42 bits per heavy atom.